The zero-order chi connectivity index (χ0) is 19.9. The molecule has 2 heterocycles. The first-order chi connectivity index (χ1) is 13.5. The monoisotopic (exact) mass is 401 g/mol. The number of nitrogens with one attached hydrogen (secondary N) is 1. The van der Waals surface area contributed by atoms with Gasteiger partial charge in [-0.15, -0.1) is 10.2 Å². The second kappa shape index (κ2) is 10.1. The highest BCUT2D eigenvalue weighted by Gasteiger charge is 2.23. The van der Waals surface area contributed by atoms with Gasteiger partial charge in [0.25, 0.3) is 0 Å². The zero-order valence-electron chi connectivity index (χ0n) is 17.1. The average Bonchev–Trinajstić information content (AvgIpc) is 3.32. The van der Waals surface area contributed by atoms with Crippen LogP contribution in [0.15, 0.2) is 35.5 Å². The van der Waals surface area contributed by atoms with Crippen LogP contribution >= 0.6 is 11.8 Å². The number of benzene rings is 1. The molecule has 1 amide bonds. The van der Waals surface area contributed by atoms with Crippen LogP contribution in [0.5, 0.6) is 0 Å². The van der Waals surface area contributed by atoms with Gasteiger partial charge in [0.2, 0.25) is 5.91 Å². The summed E-state index contributed by atoms with van der Waals surface area (Å²) in [4.78, 5) is 14.9. The van der Waals surface area contributed by atoms with Crippen LogP contribution in [0, 0.1) is 5.92 Å². The highest BCUT2D eigenvalue weighted by molar-refractivity contribution is 8.00. The van der Waals surface area contributed by atoms with Crippen LogP contribution in [-0.2, 0) is 11.3 Å². The number of likely N-dealkylation sites (tertiary alicyclic amines) is 1. The number of hydrogen-bond acceptors (Lipinski definition) is 5. The molecule has 1 atom stereocenters. The van der Waals surface area contributed by atoms with Gasteiger partial charge in [0.05, 0.1) is 11.8 Å². The van der Waals surface area contributed by atoms with Crippen molar-refractivity contribution in [3.8, 4) is 5.69 Å². The second-order valence-electron chi connectivity index (χ2n) is 7.79. The lowest BCUT2D eigenvalue weighted by atomic mass is 10.1. The fourth-order valence-electron chi connectivity index (χ4n) is 3.30. The quantitative estimate of drug-likeness (QED) is 0.652. The van der Waals surface area contributed by atoms with Crippen LogP contribution in [-0.4, -0.2) is 50.5 Å². The molecule has 1 fully saturated rings. The first-order valence-electron chi connectivity index (χ1n) is 10.2. The maximum atomic E-state index is 12.5. The van der Waals surface area contributed by atoms with Crippen molar-refractivity contribution in [1.29, 1.82) is 0 Å². The zero-order valence-corrected chi connectivity index (χ0v) is 17.9. The van der Waals surface area contributed by atoms with E-state index in [0.29, 0.717) is 12.5 Å². The van der Waals surface area contributed by atoms with E-state index in [9.17, 15) is 4.79 Å². The number of carbonyl (C=O) groups is 1. The van der Waals surface area contributed by atoms with E-state index in [0.717, 1.165) is 42.7 Å². The number of thioether (sulfide) groups is 1. The van der Waals surface area contributed by atoms with Gasteiger partial charge in [-0.05, 0) is 57.3 Å². The minimum absolute atomic E-state index is 0.0503. The van der Waals surface area contributed by atoms with Gasteiger partial charge < -0.3 is 5.32 Å². The van der Waals surface area contributed by atoms with E-state index >= 15 is 0 Å². The van der Waals surface area contributed by atoms with Crippen LogP contribution in [0.3, 0.4) is 0 Å². The Bertz CT molecular complexity index is 755. The number of nitrogens with zero attached hydrogens (tertiary/aromatic N) is 4. The summed E-state index contributed by atoms with van der Waals surface area (Å²) < 4.78 is 2.10. The van der Waals surface area contributed by atoms with Crippen LogP contribution < -0.4 is 5.32 Å². The van der Waals surface area contributed by atoms with Gasteiger partial charge >= 0.3 is 0 Å². The van der Waals surface area contributed by atoms with Crippen molar-refractivity contribution in [3.05, 3.63) is 36.2 Å². The van der Waals surface area contributed by atoms with E-state index in [1.807, 2.05) is 25.1 Å². The summed E-state index contributed by atoms with van der Waals surface area (Å²) >= 11 is 1.47. The van der Waals surface area contributed by atoms with Gasteiger partial charge in [-0.25, -0.2) is 0 Å². The maximum absolute atomic E-state index is 12.5. The van der Waals surface area contributed by atoms with Gasteiger partial charge in [-0.3, -0.25) is 14.3 Å². The van der Waals surface area contributed by atoms with Gasteiger partial charge in [-0.2, -0.15) is 0 Å². The molecule has 0 spiro atoms. The van der Waals surface area contributed by atoms with Crippen LogP contribution in [0.25, 0.3) is 5.69 Å². The van der Waals surface area contributed by atoms with E-state index in [4.69, 9.17) is 0 Å². The molecule has 1 unspecified atom stereocenters. The minimum Gasteiger partial charge on any atom is -0.355 e. The Morgan fingerprint density at radius 2 is 1.86 bits per heavy atom. The molecule has 1 saturated heterocycles. The molecule has 3 rings (SSSR count). The van der Waals surface area contributed by atoms with E-state index in [1.54, 1.807) is 0 Å². The fourth-order valence-corrected chi connectivity index (χ4v) is 4.21. The molecule has 6 nitrogen and oxygen atoms in total. The Morgan fingerprint density at radius 3 is 2.54 bits per heavy atom. The summed E-state index contributed by atoms with van der Waals surface area (Å²) in [6, 6.07) is 10.2. The van der Waals surface area contributed by atoms with Crippen LogP contribution in [0.2, 0.25) is 0 Å². The summed E-state index contributed by atoms with van der Waals surface area (Å²) in [6.45, 7) is 9.98. The number of rotatable bonds is 9. The van der Waals surface area contributed by atoms with Gasteiger partial charge in [0, 0.05) is 12.2 Å². The SMILES string of the molecule is CC(C)CCNC(=O)C(C)Sc1nnc(CN2CCCC2)n1-c1ccccc1. The molecule has 2 aromatic rings. The molecule has 1 aromatic heterocycles. The second-order valence-corrected chi connectivity index (χ2v) is 9.09. The van der Waals surface area contributed by atoms with Crippen molar-refractivity contribution in [1.82, 2.24) is 25.0 Å². The van der Waals surface area contributed by atoms with E-state index in [1.165, 1.54) is 24.6 Å². The van der Waals surface area contributed by atoms with Crippen LogP contribution in [0.4, 0.5) is 0 Å². The third kappa shape index (κ3) is 5.58. The van der Waals surface area contributed by atoms with Crippen LogP contribution in [0.1, 0.15) is 45.9 Å². The number of para-hydroxylation sites is 1. The summed E-state index contributed by atoms with van der Waals surface area (Å²) in [5.41, 5.74) is 1.04. The molecule has 0 saturated carbocycles. The van der Waals surface area contributed by atoms with Crippen molar-refractivity contribution < 1.29 is 4.79 Å². The minimum atomic E-state index is -0.224. The topological polar surface area (TPSA) is 63.1 Å². The van der Waals surface area contributed by atoms with Crippen molar-refractivity contribution in [2.45, 2.75) is 57.0 Å². The summed E-state index contributed by atoms with van der Waals surface area (Å²) in [5, 5.41) is 12.5. The molecule has 1 aliphatic heterocycles. The normalized spacial score (nSPS) is 15.9. The molecule has 7 heteroatoms. The average molecular weight is 402 g/mol. The van der Waals surface area contributed by atoms with Crippen molar-refractivity contribution in [3.63, 3.8) is 0 Å². The highest BCUT2D eigenvalue weighted by atomic mass is 32.2. The van der Waals surface area contributed by atoms with Crippen molar-refractivity contribution in [2.24, 2.45) is 5.92 Å². The third-order valence-electron chi connectivity index (χ3n) is 4.95. The maximum Gasteiger partial charge on any atom is 0.233 e. The molecular weight excluding hydrogens is 370 g/mol. The lowest BCUT2D eigenvalue weighted by Gasteiger charge is -2.17. The van der Waals surface area contributed by atoms with Crippen molar-refractivity contribution >= 4 is 17.7 Å². The molecular formula is C21H31N5OS. The molecule has 28 heavy (non-hydrogen) atoms. The molecule has 1 N–H and O–H groups in total. The fraction of sp³-hybridized carbons (Fsp3) is 0.571. The lowest BCUT2D eigenvalue weighted by Crippen LogP contribution is -2.32. The van der Waals surface area contributed by atoms with Crippen molar-refractivity contribution in [2.75, 3.05) is 19.6 Å². The molecule has 0 radical (unpaired) electrons. The van der Waals surface area contributed by atoms with Gasteiger partial charge in [-0.1, -0.05) is 43.8 Å². The standard InChI is InChI=1S/C21H31N5OS/c1-16(2)11-12-22-20(27)17(3)28-21-24-23-19(15-25-13-7-8-14-25)26(21)18-9-5-4-6-10-18/h4-6,9-10,16-17H,7-8,11-15H2,1-3H3,(H,22,27). The molecule has 1 aromatic carbocycles. The Kier molecular flexibility index (Phi) is 7.50. The predicted molar refractivity (Wildman–Crippen MR) is 114 cm³/mol. The summed E-state index contributed by atoms with van der Waals surface area (Å²) in [5.74, 6) is 1.56. The first kappa shape index (κ1) is 20.9. The smallest absolute Gasteiger partial charge is 0.233 e. The number of hydrogen-bond donors (Lipinski definition) is 1. The lowest BCUT2D eigenvalue weighted by molar-refractivity contribution is -0.120. The van der Waals surface area contributed by atoms with E-state index in [2.05, 4.69) is 51.0 Å². The molecule has 0 aliphatic carbocycles. The van der Waals surface area contributed by atoms with E-state index < -0.39 is 0 Å². The highest BCUT2D eigenvalue weighted by Crippen LogP contribution is 2.27. The largest absolute Gasteiger partial charge is 0.355 e. The molecule has 0 bridgehead atoms. The molecule has 152 valence electrons. The van der Waals surface area contributed by atoms with E-state index in [-0.39, 0.29) is 11.2 Å². The molecule has 1 aliphatic rings. The number of aromatic nitrogens is 3. The summed E-state index contributed by atoms with van der Waals surface area (Å²) in [7, 11) is 0. The number of amides is 1. The van der Waals surface area contributed by atoms with Gasteiger partial charge in [0.15, 0.2) is 11.0 Å². The van der Waals surface area contributed by atoms with Gasteiger partial charge in [0.1, 0.15) is 0 Å². The predicted octanol–water partition coefficient (Wildman–Crippen LogP) is 3.51. The Hall–Kier alpha value is -1.86. The third-order valence-corrected chi connectivity index (χ3v) is 5.99. The number of carbonyl (C=O) groups excluding carboxylic acids is 1. The first-order valence-corrected chi connectivity index (χ1v) is 11.1. The Balaban J connectivity index is 1.74. The Morgan fingerprint density at radius 1 is 1.14 bits per heavy atom. The summed E-state index contributed by atoms with van der Waals surface area (Å²) in [6.07, 6.45) is 3.48. The Labute approximate surface area is 172 Å².